The Morgan fingerprint density at radius 2 is 1.68 bits per heavy atom. The fourth-order valence-electron chi connectivity index (χ4n) is 2.17. The summed E-state index contributed by atoms with van der Waals surface area (Å²) in [5, 5.41) is 6.82. The van der Waals surface area contributed by atoms with Gasteiger partial charge in [0.25, 0.3) is 0 Å². The highest BCUT2D eigenvalue weighted by atomic mass is 35.5. The van der Waals surface area contributed by atoms with E-state index in [-0.39, 0.29) is 17.9 Å². The summed E-state index contributed by atoms with van der Waals surface area (Å²) in [5.41, 5.74) is 2.84. The van der Waals surface area contributed by atoms with Crippen LogP contribution in [0.25, 0.3) is 0 Å². The van der Waals surface area contributed by atoms with E-state index in [1.54, 1.807) is 0 Å². The molecular formula is C20H25ClN2O2. The summed E-state index contributed by atoms with van der Waals surface area (Å²) < 4.78 is 5.64. The summed E-state index contributed by atoms with van der Waals surface area (Å²) in [6.45, 7) is 8.33. The number of hydrogen-bond donors (Lipinski definition) is 2. The molecule has 5 heteroatoms. The Bertz CT molecular complexity index is 712. The second-order valence-corrected chi connectivity index (χ2v) is 6.91. The van der Waals surface area contributed by atoms with Gasteiger partial charge >= 0.3 is 0 Å². The van der Waals surface area contributed by atoms with Gasteiger partial charge in [-0.3, -0.25) is 4.79 Å². The molecule has 0 saturated heterocycles. The van der Waals surface area contributed by atoms with Gasteiger partial charge in [-0.05, 0) is 55.8 Å². The average Bonchev–Trinajstić information content (AvgIpc) is 2.56. The van der Waals surface area contributed by atoms with Crippen molar-refractivity contribution >= 4 is 28.9 Å². The first kappa shape index (κ1) is 19.1. The zero-order valence-corrected chi connectivity index (χ0v) is 15.9. The number of ether oxygens (including phenoxy) is 1. The van der Waals surface area contributed by atoms with Crippen LogP contribution in [-0.2, 0) is 11.3 Å². The van der Waals surface area contributed by atoms with Crippen molar-refractivity contribution in [2.75, 3.05) is 10.6 Å². The van der Waals surface area contributed by atoms with Crippen LogP contribution in [0.1, 0.15) is 33.3 Å². The van der Waals surface area contributed by atoms with Crippen molar-refractivity contribution in [2.24, 2.45) is 5.92 Å². The molecule has 0 atom stereocenters. The van der Waals surface area contributed by atoms with Crippen LogP contribution in [0.2, 0.25) is 5.02 Å². The molecule has 0 bridgehead atoms. The van der Waals surface area contributed by atoms with E-state index in [0.717, 1.165) is 16.9 Å². The Morgan fingerprint density at radius 1 is 1.04 bits per heavy atom. The van der Waals surface area contributed by atoms with Gasteiger partial charge in [0.05, 0.1) is 11.1 Å². The van der Waals surface area contributed by atoms with Crippen LogP contribution < -0.4 is 15.4 Å². The van der Waals surface area contributed by atoms with Crippen LogP contribution in [0.15, 0.2) is 42.5 Å². The summed E-state index contributed by atoms with van der Waals surface area (Å²) in [5.74, 6) is 0.676. The third-order valence-electron chi connectivity index (χ3n) is 3.53. The maximum absolute atomic E-state index is 11.7. The number of amides is 1. The lowest BCUT2D eigenvalue weighted by atomic mass is 10.2. The predicted molar refractivity (Wildman–Crippen MR) is 104 cm³/mol. The molecule has 1 amide bonds. The number of nitrogens with one attached hydrogen (secondary N) is 2. The van der Waals surface area contributed by atoms with Crippen LogP contribution in [0, 0.1) is 5.92 Å². The molecule has 0 heterocycles. The van der Waals surface area contributed by atoms with Gasteiger partial charge in [-0.1, -0.05) is 31.5 Å². The van der Waals surface area contributed by atoms with Gasteiger partial charge in [0, 0.05) is 23.8 Å². The Labute approximate surface area is 154 Å². The van der Waals surface area contributed by atoms with Gasteiger partial charge in [-0.15, -0.1) is 0 Å². The number of hydrogen-bond acceptors (Lipinski definition) is 3. The van der Waals surface area contributed by atoms with E-state index in [4.69, 9.17) is 16.3 Å². The van der Waals surface area contributed by atoms with Crippen molar-refractivity contribution in [3.63, 3.8) is 0 Å². The van der Waals surface area contributed by atoms with Crippen LogP contribution in [0.5, 0.6) is 5.75 Å². The van der Waals surface area contributed by atoms with E-state index >= 15 is 0 Å². The number of halogens is 1. The Morgan fingerprint density at radius 3 is 2.24 bits per heavy atom. The van der Waals surface area contributed by atoms with Crippen LogP contribution in [0.3, 0.4) is 0 Å². The molecule has 25 heavy (non-hydrogen) atoms. The second-order valence-electron chi connectivity index (χ2n) is 6.51. The van der Waals surface area contributed by atoms with Crippen molar-refractivity contribution in [3.8, 4) is 5.75 Å². The van der Waals surface area contributed by atoms with Gasteiger partial charge in [0.1, 0.15) is 5.75 Å². The molecule has 4 nitrogen and oxygen atoms in total. The first-order valence-corrected chi connectivity index (χ1v) is 8.83. The third-order valence-corrected chi connectivity index (χ3v) is 3.83. The summed E-state index contributed by atoms with van der Waals surface area (Å²) in [4.78, 5) is 11.7. The normalized spacial score (nSPS) is 10.8. The van der Waals surface area contributed by atoms with E-state index in [2.05, 4.69) is 10.6 Å². The fraction of sp³-hybridized carbons (Fsp3) is 0.350. The maximum atomic E-state index is 11.7. The molecule has 0 spiro atoms. The minimum absolute atomic E-state index is 0.0130. The third kappa shape index (κ3) is 5.98. The monoisotopic (exact) mass is 360 g/mol. The molecule has 2 aromatic carbocycles. The van der Waals surface area contributed by atoms with Gasteiger partial charge in [0.2, 0.25) is 5.91 Å². The van der Waals surface area contributed by atoms with Crippen LogP contribution in [-0.4, -0.2) is 12.0 Å². The van der Waals surface area contributed by atoms with Crippen molar-refractivity contribution < 1.29 is 9.53 Å². The highest BCUT2D eigenvalue weighted by molar-refractivity contribution is 6.32. The number of benzene rings is 2. The molecule has 2 aromatic rings. The van der Waals surface area contributed by atoms with Gasteiger partial charge in [-0.25, -0.2) is 0 Å². The molecule has 2 rings (SSSR count). The number of rotatable bonds is 7. The largest absolute Gasteiger partial charge is 0.489 e. The SMILES string of the molecule is CC(C)Oc1ccc(CNc2ccc(NC(=O)C(C)C)cc2)cc1Cl. The van der Waals surface area contributed by atoms with E-state index in [1.807, 2.05) is 70.2 Å². The summed E-state index contributed by atoms with van der Waals surface area (Å²) in [6.07, 6.45) is 0.0937. The van der Waals surface area contributed by atoms with Crippen molar-refractivity contribution in [1.82, 2.24) is 0 Å². The van der Waals surface area contributed by atoms with Gasteiger partial charge in [0.15, 0.2) is 0 Å². The second kappa shape index (κ2) is 8.77. The van der Waals surface area contributed by atoms with Gasteiger partial charge < -0.3 is 15.4 Å². The lowest BCUT2D eigenvalue weighted by Gasteiger charge is -2.13. The lowest BCUT2D eigenvalue weighted by Crippen LogP contribution is -2.17. The molecule has 0 fully saturated rings. The maximum Gasteiger partial charge on any atom is 0.226 e. The average molecular weight is 361 g/mol. The number of carbonyl (C=O) groups is 1. The van der Waals surface area contributed by atoms with Crippen molar-refractivity contribution in [2.45, 2.75) is 40.3 Å². The standard InChI is InChI=1S/C20H25ClN2O2/c1-13(2)20(24)23-17-8-6-16(7-9-17)22-12-15-5-10-19(18(21)11-15)25-14(3)4/h5-11,13-14,22H,12H2,1-4H3,(H,23,24). The van der Waals surface area contributed by atoms with Crippen molar-refractivity contribution in [3.05, 3.63) is 53.1 Å². The van der Waals surface area contributed by atoms with Crippen molar-refractivity contribution in [1.29, 1.82) is 0 Å². The van der Waals surface area contributed by atoms with E-state index < -0.39 is 0 Å². The molecule has 0 aliphatic rings. The minimum Gasteiger partial charge on any atom is -0.489 e. The first-order valence-electron chi connectivity index (χ1n) is 8.45. The highest BCUT2D eigenvalue weighted by Crippen LogP contribution is 2.27. The van der Waals surface area contributed by atoms with E-state index in [1.165, 1.54) is 0 Å². The van der Waals surface area contributed by atoms with E-state index in [9.17, 15) is 4.79 Å². The Hall–Kier alpha value is -2.20. The molecule has 0 aliphatic carbocycles. The summed E-state index contributed by atoms with van der Waals surface area (Å²) >= 11 is 6.26. The Balaban J connectivity index is 1.93. The Kier molecular flexibility index (Phi) is 6.71. The molecule has 0 saturated carbocycles. The molecule has 0 radical (unpaired) electrons. The summed E-state index contributed by atoms with van der Waals surface area (Å²) in [7, 11) is 0. The topological polar surface area (TPSA) is 50.4 Å². The molecule has 0 aromatic heterocycles. The number of carbonyl (C=O) groups excluding carboxylic acids is 1. The number of anilines is 2. The first-order chi connectivity index (χ1) is 11.8. The highest BCUT2D eigenvalue weighted by Gasteiger charge is 2.07. The fourth-order valence-corrected chi connectivity index (χ4v) is 2.41. The molecule has 0 unspecified atom stereocenters. The smallest absolute Gasteiger partial charge is 0.226 e. The van der Waals surface area contributed by atoms with Gasteiger partial charge in [-0.2, -0.15) is 0 Å². The minimum atomic E-state index is -0.0369. The molecule has 2 N–H and O–H groups in total. The van der Waals surface area contributed by atoms with Crippen LogP contribution >= 0.6 is 11.6 Å². The quantitative estimate of drug-likeness (QED) is 0.701. The van der Waals surface area contributed by atoms with E-state index in [0.29, 0.717) is 17.3 Å². The zero-order chi connectivity index (χ0) is 18.4. The predicted octanol–water partition coefficient (Wildman–Crippen LogP) is 5.33. The molecule has 0 aliphatic heterocycles. The zero-order valence-electron chi connectivity index (χ0n) is 15.1. The molecule has 134 valence electrons. The molecular weight excluding hydrogens is 336 g/mol. The van der Waals surface area contributed by atoms with Crippen LogP contribution in [0.4, 0.5) is 11.4 Å². The summed E-state index contributed by atoms with van der Waals surface area (Å²) in [6, 6.07) is 13.4. The lowest BCUT2D eigenvalue weighted by molar-refractivity contribution is -0.118.